The van der Waals surface area contributed by atoms with Crippen molar-refractivity contribution in [2.24, 2.45) is 0 Å². The fourth-order valence-electron chi connectivity index (χ4n) is 8.95. The second-order valence-corrected chi connectivity index (χ2v) is 17.2. The average molecular weight is 880 g/mol. The molecule has 0 aliphatic carbocycles. The van der Waals surface area contributed by atoms with E-state index in [1.807, 2.05) is 32.0 Å². The van der Waals surface area contributed by atoms with Gasteiger partial charge in [-0.3, -0.25) is 0 Å². The van der Waals surface area contributed by atoms with Crippen LogP contribution in [0.25, 0.3) is 55.6 Å². The van der Waals surface area contributed by atoms with Crippen molar-refractivity contribution in [3.63, 3.8) is 0 Å². The van der Waals surface area contributed by atoms with E-state index >= 15 is 0 Å². The van der Waals surface area contributed by atoms with Crippen LogP contribution in [-0.2, 0) is 6.42 Å². The van der Waals surface area contributed by atoms with Gasteiger partial charge in [0.15, 0.2) is 0 Å². The Hall–Kier alpha value is -8.00. The lowest BCUT2D eigenvalue weighted by atomic mass is 9.84. The van der Waals surface area contributed by atoms with Crippen molar-refractivity contribution < 1.29 is 0 Å². The molecule has 0 bridgehead atoms. The Balaban J connectivity index is 0.000000631. The van der Waals surface area contributed by atoms with Crippen molar-refractivity contribution in [1.82, 2.24) is 0 Å². The highest BCUT2D eigenvalue weighted by molar-refractivity contribution is 5.93. The van der Waals surface area contributed by atoms with Gasteiger partial charge in [-0.25, -0.2) is 0 Å². The molecule has 0 saturated carbocycles. The Morgan fingerprint density at radius 2 is 0.662 bits per heavy atom. The maximum Gasteiger partial charge on any atom is 0.0462 e. The summed E-state index contributed by atoms with van der Waals surface area (Å²) in [5.41, 5.74) is 23.4. The topological polar surface area (TPSA) is 3.24 Å². The monoisotopic (exact) mass is 879 g/mol. The molecule has 0 saturated heterocycles. The van der Waals surface area contributed by atoms with Crippen LogP contribution < -0.4 is 4.90 Å². The lowest BCUT2D eigenvalue weighted by Crippen LogP contribution is -2.09. The number of para-hydroxylation sites is 2. The van der Waals surface area contributed by atoms with Gasteiger partial charge in [0, 0.05) is 17.1 Å². The molecule has 0 spiro atoms. The van der Waals surface area contributed by atoms with Crippen LogP contribution in [0.2, 0.25) is 0 Å². The van der Waals surface area contributed by atoms with Crippen LogP contribution in [0, 0.1) is 27.7 Å². The summed E-state index contributed by atoms with van der Waals surface area (Å²) < 4.78 is 0. The van der Waals surface area contributed by atoms with Crippen LogP contribution in [0.4, 0.5) is 17.1 Å². The fraction of sp³-hybridized carbons (Fsp3) is 0.104. The van der Waals surface area contributed by atoms with Gasteiger partial charge in [-0.15, -0.1) is 0 Å². The van der Waals surface area contributed by atoms with Gasteiger partial charge in [0.25, 0.3) is 0 Å². The molecule has 0 aliphatic rings. The summed E-state index contributed by atoms with van der Waals surface area (Å²) in [5, 5.41) is 0. The first-order chi connectivity index (χ1) is 33.4. The Morgan fingerprint density at radius 3 is 1.21 bits per heavy atom. The maximum atomic E-state index is 2.40. The molecule has 0 heterocycles. The molecular formula is C67H61N. The summed E-state index contributed by atoms with van der Waals surface area (Å²) in [6, 6.07) is 89.7. The molecular weight excluding hydrogens is 819 g/mol. The number of benzene rings is 10. The fourth-order valence-corrected chi connectivity index (χ4v) is 8.95. The zero-order chi connectivity index (χ0) is 47.2. The molecule has 0 N–H and O–H groups in total. The maximum absolute atomic E-state index is 2.40. The minimum atomic E-state index is 0.931. The zero-order valence-electron chi connectivity index (χ0n) is 40.3. The molecule has 0 aromatic heterocycles. The molecule has 68 heavy (non-hydrogen) atoms. The second-order valence-electron chi connectivity index (χ2n) is 17.2. The Kier molecular flexibility index (Phi) is 15.4. The van der Waals surface area contributed by atoms with Crippen LogP contribution in [0.1, 0.15) is 47.2 Å². The summed E-state index contributed by atoms with van der Waals surface area (Å²) in [7, 11) is 0. The molecule has 10 aromatic rings. The predicted octanol–water partition coefficient (Wildman–Crippen LogP) is 19.0. The molecule has 10 aromatic carbocycles. The number of hydrogen-bond acceptors (Lipinski definition) is 1. The van der Waals surface area contributed by atoms with Crippen LogP contribution >= 0.6 is 0 Å². The molecule has 1 nitrogen and oxygen atoms in total. The first kappa shape index (κ1) is 46.5. The standard InChI is InChI=1S/C58H47N.C7H8.C2H6/c1-41-17-13-14-24-53(41)57-39-49(47-33-35-52(36-34-47)59(50-20-9-5-10-21-50)51-22-11-6-12-23-51)40-58(43(57)3)55-26-16-15-25-54(55)56-38-48(30-27-42(56)2)46-31-28-45(29-32-46)37-44-18-7-4-8-19-44;1-7-5-3-2-4-6-7;1-2/h4-36,38-40H,37H2,1-3H3;2-6H,1H3;1-2H3. The van der Waals surface area contributed by atoms with Crippen molar-refractivity contribution >= 4 is 17.1 Å². The number of aryl methyl sites for hydroxylation is 3. The van der Waals surface area contributed by atoms with Crippen LogP contribution in [0.5, 0.6) is 0 Å². The van der Waals surface area contributed by atoms with Crippen LogP contribution in [-0.4, -0.2) is 0 Å². The van der Waals surface area contributed by atoms with E-state index in [0.717, 1.165) is 23.5 Å². The van der Waals surface area contributed by atoms with Crippen molar-refractivity contribution in [1.29, 1.82) is 0 Å². The van der Waals surface area contributed by atoms with Gasteiger partial charge >= 0.3 is 0 Å². The molecule has 0 aliphatic heterocycles. The van der Waals surface area contributed by atoms with Gasteiger partial charge in [0.1, 0.15) is 0 Å². The molecule has 0 amide bonds. The van der Waals surface area contributed by atoms with Gasteiger partial charge in [0.2, 0.25) is 0 Å². The van der Waals surface area contributed by atoms with E-state index in [1.165, 1.54) is 89.0 Å². The third kappa shape index (κ3) is 11.0. The predicted molar refractivity (Wildman–Crippen MR) is 294 cm³/mol. The van der Waals surface area contributed by atoms with Crippen molar-refractivity contribution in [3.05, 3.63) is 282 Å². The van der Waals surface area contributed by atoms with Gasteiger partial charge < -0.3 is 4.90 Å². The van der Waals surface area contributed by atoms with E-state index < -0.39 is 0 Å². The van der Waals surface area contributed by atoms with Crippen molar-refractivity contribution in [2.75, 3.05) is 4.90 Å². The van der Waals surface area contributed by atoms with E-state index in [0.29, 0.717) is 0 Å². The average Bonchev–Trinajstić information content (AvgIpc) is 3.39. The van der Waals surface area contributed by atoms with Crippen LogP contribution in [0.3, 0.4) is 0 Å². The SMILES string of the molecule is CC.Cc1ccc(-c2ccc(Cc3ccccc3)cc2)cc1-c1ccccc1-c1cc(-c2ccc(N(c3ccccc3)c3ccccc3)cc2)cc(-c2ccccc2C)c1C.Cc1ccccc1. The quantitative estimate of drug-likeness (QED) is 0.132. The number of anilines is 3. The second kappa shape index (κ2) is 22.5. The Bertz CT molecular complexity index is 3110. The number of hydrogen-bond donors (Lipinski definition) is 0. The normalized spacial score (nSPS) is 10.6. The lowest BCUT2D eigenvalue weighted by Gasteiger charge is -2.25. The minimum absolute atomic E-state index is 0.931. The highest BCUT2D eigenvalue weighted by Crippen LogP contribution is 2.43. The number of nitrogens with zero attached hydrogens (tertiary/aromatic N) is 1. The van der Waals surface area contributed by atoms with Gasteiger partial charge in [-0.1, -0.05) is 214 Å². The minimum Gasteiger partial charge on any atom is -0.311 e. The van der Waals surface area contributed by atoms with Crippen molar-refractivity contribution in [2.45, 2.75) is 48.0 Å². The highest BCUT2D eigenvalue weighted by Gasteiger charge is 2.19. The third-order valence-electron chi connectivity index (χ3n) is 12.6. The lowest BCUT2D eigenvalue weighted by molar-refractivity contribution is 1.19. The molecule has 1 heteroatoms. The summed E-state index contributed by atoms with van der Waals surface area (Å²) in [6.45, 7) is 12.8. The van der Waals surface area contributed by atoms with E-state index in [4.69, 9.17) is 0 Å². The van der Waals surface area contributed by atoms with Crippen LogP contribution in [0.15, 0.2) is 249 Å². The van der Waals surface area contributed by atoms with E-state index in [1.54, 1.807) is 0 Å². The number of rotatable bonds is 10. The Labute approximate surface area is 405 Å². The smallest absolute Gasteiger partial charge is 0.0462 e. The molecule has 334 valence electrons. The highest BCUT2D eigenvalue weighted by atomic mass is 15.1. The largest absolute Gasteiger partial charge is 0.311 e. The molecule has 0 atom stereocenters. The van der Waals surface area contributed by atoms with Crippen molar-refractivity contribution in [3.8, 4) is 55.6 Å². The first-order valence-electron chi connectivity index (χ1n) is 24.0. The molecule has 0 fully saturated rings. The molecule has 0 unspecified atom stereocenters. The third-order valence-corrected chi connectivity index (χ3v) is 12.6. The summed E-state index contributed by atoms with van der Waals surface area (Å²) in [6.07, 6.45) is 0.931. The molecule has 0 radical (unpaired) electrons. The van der Waals surface area contributed by atoms with E-state index in [9.17, 15) is 0 Å². The van der Waals surface area contributed by atoms with E-state index in [2.05, 4.69) is 263 Å². The first-order valence-corrected chi connectivity index (χ1v) is 24.0. The Morgan fingerprint density at radius 1 is 0.279 bits per heavy atom. The summed E-state index contributed by atoms with van der Waals surface area (Å²) >= 11 is 0. The summed E-state index contributed by atoms with van der Waals surface area (Å²) in [4.78, 5) is 2.31. The van der Waals surface area contributed by atoms with Gasteiger partial charge in [-0.2, -0.15) is 0 Å². The van der Waals surface area contributed by atoms with Gasteiger partial charge in [-0.05, 0) is 172 Å². The van der Waals surface area contributed by atoms with Gasteiger partial charge in [0.05, 0.1) is 0 Å². The zero-order valence-corrected chi connectivity index (χ0v) is 40.3. The van der Waals surface area contributed by atoms with E-state index in [-0.39, 0.29) is 0 Å². The summed E-state index contributed by atoms with van der Waals surface area (Å²) in [5.74, 6) is 0. The molecule has 10 rings (SSSR count).